The van der Waals surface area contributed by atoms with E-state index in [4.69, 9.17) is 0 Å². The molecule has 2 amide bonds. The molecule has 0 bridgehead atoms. The molecule has 0 unspecified atom stereocenters. The molecule has 1 aromatic carbocycles. The van der Waals surface area contributed by atoms with Gasteiger partial charge in [0.1, 0.15) is 5.57 Å². The number of hydrogen-bond acceptors (Lipinski definition) is 3. The number of nitrogens with zero attached hydrogens (tertiary/aromatic N) is 1. The second-order valence-corrected chi connectivity index (χ2v) is 6.43. The quantitative estimate of drug-likeness (QED) is 0.699. The van der Waals surface area contributed by atoms with E-state index in [-0.39, 0.29) is 17.4 Å². The predicted molar refractivity (Wildman–Crippen MR) is 88.5 cm³/mol. The minimum Gasteiger partial charge on any atom is -0.267 e. The summed E-state index contributed by atoms with van der Waals surface area (Å²) in [7, 11) is 0. The summed E-state index contributed by atoms with van der Waals surface area (Å²) < 4.78 is 0. The highest BCUT2D eigenvalue weighted by molar-refractivity contribution is 7.12. The van der Waals surface area contributed by atoms with Crippen LogP contribution in [-0.4, -0.2) is 11.8 Å². The Bertz CT molecular complexity index is 759. The summed E-state index contributed by atoms with van der Waals surface area (Å²) in [6.07, 6.45) is 2.58. The highest BCUT2D eigenvalue weighted by Gasteiger charge is 2.34. The molecule has 3 rings (SSSR count). The van der Waals surface area contributed by atoms with Gasteiger partial charge in [0.15, 0.2) is 0 Å². The van der Waals surface area contributed by atoms with Crippen LogP contribution in [0.4, 0.5) is 5.69 Å². The summed E-state index contributed by atoms with van der Waals surface area (Å²) in [4.78, 5) is 26.6. The molecule has 0 atom stereocenters. The molecule has 0 saturated carbocycles. The standard InChI is InChI=1S/C17H16N2O2S/c1-3-12-5-7-13(8-6-12)19-17(21)15(16(20)18-19)10-14-9-4-11(2)22-14/h4-10H,3H2,1-2H3,(H,18,20)/b15-10-. The van der Waals surface area contributed by atoms with Gasteiger partial charge in [0.05, 0.1) is 5.69 Å². The van der Waals surface area contributed by atoms with Crippen LogP contribution in [0.3, 0.4) is 0 Å². The van der Waals surface area contributed by atoms with Gasteiger partial charge in [-0.25, -0.2) is 5.01 Å². The van der Waals surface area contributed by atoms with Crippen molar-refractivity contribution in [1.29, 1.82) is 0 Å². The molecule has 2 heterocycles. The van der Waals surface area contributed by atoms with Crippen molar-refractivity contribution in [2.24, 2.45) is 0 Å². The first-order chi connectivity index (χ1) is 10.6. The molecule has 22 heavy (non-hydrogen) atoms. The van der Waals surface area contributed by atoms with E-state index < -0.39 is 0 Å². The van der Waals surface area contributed by atoms with Crippen molar-refractivity contribution in [3.8, 4) is 0 Å². The van der Waals surface area contributed by atoms with E-state index in [1.54, 1.807) is 17.4 Å². The summed E-state index contributed by atoms with van der Waals surface area (Å²) in [5.74, 6) is -0.684. The van der Waals surface area contributed by atoms with Crippen molar-refractivity contribution in [2.75, 3.05) is 5.01 Å². The van der Waals surface area contributed by atoms with Gasteiger partial charge in [-0.2, -0.15) is 0 Å². The van der Waals surface area contributed by atoms with Crippen LogP contribution in [0.2, 0.25) is 0 Å². The SMILES string of the molecule is CCc1ccc(N2NC(=O)/C(=C/c3ccc(C)s3)C2=O)cc1. The van der Waals surface area contributed by atoms with E-state index >= 15 is 0 Å². The van der Waals surface area contributed by atoms with Gasteiger partial charge in [0, 0.05) is 9.75 Å². The van der Waals surface area contributed by atoms with Crippen LogP contribution < -0.4 is 10.4 Å². The van der Waals surface area contributed by atoms with Crippen molar-refractivity contribution in [1.82, 2.24) is 5.43 Å². The molecule has 1 aromatic heterocycles. The molecule has 1 aliphatic rings. The molecule has 112 valence electrons. The molecule has 1 aliphatic heterocycles. The number of aryl methyl sites for hydroxylation is 2. The molecule has 0 spiro atoms. The van der Waals surface area contributed by atoms with Crippen LogP contribution in [0.1, 0.15) is 22.2 Å². The molecule has 2 aromatic rings. The first kappa shape index (κ1) is 14.5. The minimum absolute atomic E-state index is 0.168. The third kappa shape index (κ3) is 2.67. The average molecular weight is 312 g/mol. The first-order valence-electron chi connectivity index (χ1n) is 7.11. The second-order valence-electron chi connectivity index (χ2n) is 5.11. The molecular formula is C17H16N2O2S. The summed E-state index contributed by atoms with van der Waals surface area (Å²) in [5, 5.41) is 1.30. The fraction of sp³-hybridized carbons (Fsp3) is 0.176. The fourth-order valence-electron chi connectivity index (χ4n) is 2.29. The van der Waals surface area contributed by atoms with E-state index in [1.165, 1.54) is 10.6 Å². The van der Waals surface area contributed by atoms with Gasteiger partial charge < -0.3 is 0 Å². The Balaban J connectivity index is 1.89. The smallest absolute Gasteiger partial charge is 0.267 e. The lowest BCUT2D eigenvalue weighted by Crippen LogP contribution is -2.35. The summed E-state index contributed by atoms with van der Waals surface area (Å²) >= 11 is 1.55. The van der Waals surface area contributed by atoms with Crippen molar-refractivity contribution < 1.29 is 9.59 Å². The number of rotatable bonds is 3. The molecular weight excluding hydrogens is 296 g/mol. The Morgan fingerprint density at radius 2 is 1.86 bits per heavy atom. The molecule has 4 nitrogen and oxygen atoms in total. The molecule has 1 fully saturated rings. The van der Waals surface area contributed by atoms with Crippen LogP contribution in [-0.2, 0) is 16.0 Å². The van der Waals surface area contributed by atoms with Crippen molar-refractivity contribution >= 4 is 34.9 Å². The number of hydrazine groups is 1. The van der Waals surface area contributed by atoms with Crippen LogP contribution in [0.15, 0.2) is 42.0 Å². The lowest BCUT2D eigenvalue weighted by atomic mass is 10.1. The highest BCUT2D eigenvalue weighted by atomic mass is 32.1. The zero-order valence-electron chi connectivity index (χ0n) is 12.4. The second kappa shape index (κ2) is 5.77. The number of thiophene rings is 1. The number of benzene rings is 1. The predicted octanol–water partition coefficient (Wildman–Crippen LogP) is 3.08. The lowest BCUT2D eigenvalue weighted by molar-refractivity contribution is -0.117. The first-order valence-corrected chi connectivity index (χ1v) is 7.92. The third-order valence-corrected chi connectivity index (χ3v) is 4.49. The Labute approximate surface area is 133 Å². The van der Waals surface area contributed by atoms with Crippen molar-refractivity contribution in [3.05, 3.63) is 57.3 Å². The largest absolute Gasteiger partial charge is 0.282 e. The average Bonchev–Trinajstić information content (AvgIpc) is 3.06. The van der Waals surface area contributed by atoms with Crippen LogP contribution in [0.5, 0.6) is 0 Å². The van der Waals surface area contributed by atoms with E-state index in [9.17, 15) is 9.59 Å². The van der Waals surface area contributed by atoms with Gasteiger partial charge in [-0.05, 0) is 49.2 Å². The van der Waals surface area contributed by atoms with Crippen molar-refractivity contribution in [2.45, 2.75) is 20.3 Å². The number of carbonyl (C=O) groups excluding carboxylic acids is 2. The fourth-order valence-corrected chi connectivity index (χ4v) is 3.11. The Morgan fingerprint density at radius 3 is 2.45 bits per heavy atom. The zero-order valence-corrected chi connectivity index (χ0v) is 13.2. The van der Waals surface area contributed by atoms with Crippen LogP contribution >= 0.6 is 11.3 Å². The lowest BCUT2D eigenvalue weighted by Gasteiger charge is -2.14. The maximum atomic E-state index is 12.5. The molecule has 0 radical (unpaired) electrons. The number of anilines is 1. The van der Waals surface area contributed by atoms with Gasteiger partial charge in [-0.3, -0.25) is 15.0 Å². The Morgan fingerprint density at radius 1 is 1.14 bits per heavy atom. The molecule has 5 heteroatoms. The maximum absolute atomic E-state index is 12.5. The summed E-state index contributed by atoms with van der Waals surface area (Å²) in [5.41, 5.74) is 4.64. The van der Waals surface area contributed by atoms with E-state index in [2.05, 4.69) is 12.3 Å². The summed E-state index contributed by atoms with van der Waals surface area (Å²) in [6, 6.07) is 11.5. The minimum atomic E-state index is -0.365. The number of nitrogens with one attached hydrogen (secondary N) is 1. The van der Waals surface area contributed by atoms with Crippen molar-refractivity contribution in [3.63, 3.8) is 0 Å². The molecule has 1 saturated heterocycles. The van der Waals surface area contributed by atoms with Crippen LogP contribution in [0.25, 0.3) is 6.08 Å². The number of carbonyl (C=O) groups is 2. The van der Waals surface area contributed by atoms with Gasteiger partial charge in [-0.1, -0.05) is 19.1 Å². The molecule has 1 N–H and O–H groups in total. The molecule has 0 aliphatic carbocycles. The van der Waals surface area contributed by atoms with Gasteiger partial charge in [0.2, 0.25) is 0 Å². The highest BCUT2D eigenvalue weighted by Crippen LogP contribution is 2.24. The van der Waals surface area contributed by atoms with E-state index in [0.29, 0.717) is 5.69 Å². The Kier molecular flexibility index (Phi) is 3.81. The van der Waals surface area contributed by atoms with Gasteiger partial charge >= 0.3 is 0 Å². The summed E-state index contributed by atoms with van der Waals surface area (Å²) in [6.45, 7) is 4.06. The Hall–Kier alpha value is -2.40. The zero-order chi connectivity index (χ0) is 15.7. The third-order valence-electron chi connectivity index (χ3n) is 3.54. The topological polar surface area (TPSA) is 49.4 Å². The van der Waals surface area contributed by atoms with Crippen LogP contribution in [0, 0.1) is 6.92 Å². The van der Waals surface area contributed by atoms with Gasteiger partial charge in [0.25, 0.3) is 11.8 Å². The monoisotopic (exact) mass is 312 g/mol. The number of hydrogen-bond donors (Lipinski definition) is 1. The normalized spacial score (nSPS) is 16.5. The van der Waals surface area contributed by atoms with Gasteiger partial charge in [-0.15, -0.1) is 11.3 Å². The van der Waals surface area contributed by atoms with E-state index in [0.717, 1.165) is 16.2 Å². The number of amides is 2. The van der Waals surface area contributed by atoms with E-state index in [1.807, 2.05) is 43.3 Å². The maximum Gasteiger partial charge on any atom is 0.282 e.